The van der Waals surface area contributed by atoms with Crippen LogP contribution in [0.1, 0.15) is 38.5 Å². The van der Waals surface area contributed by atoms with Gasteiger partial charge in [-0.15, -0.1) is 0 Å². The molecule has 0 radical (unpaired) electrons. The molecule has 2 aliphatic carbocycles. The molecule has 2 fully saturated rings. The lowest BCUT2D eigenvalue weighted by molar-refractivity contribution is -0.126. The third-order valence-electron chi connectivity index (χ3n) is 3.69. The summed E-state index contributed by atoms with van der Waals surface area (Å²) in [6, 6.07) is 1.86. The number of nitrogens with two attached hydrogens (primary N) is 1. The van der Waals surface area contributed by atoms with E-state index in [1.54, 1.807) is 0 Å². The maximum atomic E-state index is 12.0. The van der Waals surface area contributed by atoms with Crippen LogP contribution >= 0.6 is 0 Å². The van der Waals surface area contributed by atoms with Gasteiger partial charge in [-0.1, -0.05) is 12.8 Å². The minimum atomic E-state index is -0.290. The van der Waals surface area contributed by atoms with E-state index in [4.69, 9.17) is 11.0 Å². The third kappa shape index (κ3) is 2.53. The molecular weight excluding hydrogens is 202 g/mol. The molecule has 0 bridgehead atoms. The van der Waals surface area contributed by atoms with Crippen LogP contribution in [0, 0.1) is 23.2 Å². The molecule has 0 aromatic heterocycles. The van der Waals surface area contributed by atoms with Gasteiger partial charge in [-0.05, 0) is 31.6 Å². The average Bonchev–Trinajstić information content (AvgIpc) is 3.10. The fraction of sp³-hybridized carbons (Fsp3) is 0.833. The first-order valence-corrected chi connectivity index (χ1v) is 6.18. The van der Waals surface area contributed by atoms with Gasteiger partial charge in [0.1, 0.15) is 6.04 Å². The summed E-state index contributed by atoms with van der Waals surface area (Å²) < 4.78 is 0. The van der Waals surface area contributed by atoms with Crippen molar-refractivity contribution in [1.82, 2.24) is 5.32 Å². The van der Waals surface area contributed by atoms with Crippen molar-refractivity contribution in [2.45, 2.75) is 50.6 Å². The fourth-order valence-corrected chi connectivity index (χ4v) is 2.43. The molecule has 2 rings (SSSR count). The Bertz CT molecular complexity index is 306. The quantitative estimate of drug-likeness (QED) is 0.743. The Hall–Kier alpha value is -1.08. The van der Waals surface area contributed by atoms with Gasteiger partial charge in [0.2, 0.25) is 5.91 Å². The van der Waals surface area contributed by atoms with E-state index in [1.165, 1.54) is 0 Å². The van der Waals surface area contributed by atoms with Crippen molar-refractivity contribution in [1.29, 1.82) is 5.26 Å². The molecule has 4 heteroatoms. The summed E-state index contributed by atoms with van der Waals surface area (Å²) in [4.78, 5) is 12.0. The van der Waals surface area contributed by atoms with Crippen molar-refractivity contribution in [3.8, 4) is 6.07 Å². The predicted molar refractivity (Wildman–Crippen MR) is 60.2 cm³/mol. The molecule has 0 aromatic rings. The molecule has 0 aliphatic heterocycles. The number of hydrogen-bond acceptors (Lipinski definition) is 3. The van der Waals surface area contributed by atoms with Crippen LogP contribution in [-0.4, -0.2) is 18.0 Å². The number of hydrogen-bond donors (Lipinski definition) is 2. The van der Waals surface area contributed by atoms with Gasteiger partial charge in [-0.2, -0.15) is 5.26 Å². The molecule has 4 nitrogen and oxygen atoms in total. The number of rotatable bonds is 3. The molecule has 3 atom stereocenters. The average molecular weight is 221 g/mol. The van der Waals surface area contributed by atoms with Gasteiger partial charge in [-0.3, -0.25) is 4.79 Å². The monoisotopic (exact) mass is 221 g/mol. The highest BCUT2D eigenvalue weighted by Gasteiger charge is 2.35. The minimum absolute atomic E-state index is 0.00866. The van der Waals surface area contributed by atoms with Crippen LogP contribution in [-0.2, 0) is 4.79 Å². The summed E-state index contributed by atoms with van der Waals surface area (Å²) in [5.41, 5.74) is 5.95. The summed E-state index contributed by atoms with van der Waals surface area (Å²) in [7, 11) is 0. The summed E-state index contributed by atoms with van der Waals surface area (Å²) in [5, 5.41) is 11.8. The van der Waals surface area contributed by atoms with Crippen LogP contribution < -0.4 is 11.1 Å². The van der Waals surface area contributed by atoms with E-state index in [2.05, 4.69) is 11.4 Å². The highest BCUT2D eigenvalue weighted by atomic mass is 16.2. The van der Waals surface area contributed by atoms with E-state index in [9.17, 15) is 4.79 Å². The number of nitrogens with zero attached hydrogens (tertiary/aromatic N) is 1. The lowest BCUT2D eigenvalue weighted by atomic mass is 9.84. The lowest BCUT2D eigenvalue weighted by Gasteiger charge is -2.28. The van der Waals surface area contributed by atoms with Gasteiger partial charge in [0, 0.05) is 6.04 Å². The van der Waals surface area contributed by atoms with Crippen LogP contribution in [0.5, 0.6) is 0 Å². The lowest BCUT2D eigenvalue weighted by Crippen LogP contribution is -2.47. The van der Waals surface area contributed by atoms with Crippen LogP contribution in [0.2, 0.25) is 0 Å². The maximum Gasteiger partial charge on any atom is 0.225 e. The van der Waals surface area contributed by atoms with E-state index in [1.807, 2.05) is 0 Å². The van der Waals surface area contributed by atoms with Gasteiger partial charge in [0.05, 0.1) is 12.0 Å². The minimum Gasteiger partial charge on any atom is -0.340 e. The zero-order valence-corrected chi connectivity index (χ0v) is 9.48. The fourth-order valence-electron chi connectivity index (χ4n) is 2.43. The van der Waals surface area contributed by atoms with E-state index in [0.29, 0.717) is 5.92 Å². The first kappa shape index (κ1) is 11.4. The number of nitriles is 1. The Balaban J connectivity index is 1.88. The third-order valence-corrected chi connectivity index (χ3v) is 3.69. The van der Waals surface area contributed by atoms with Crippen molar-refractivity contribution in [2.24, 2.45) is 17.6 Å². The number of carbonyl (C=O) groups excluding carboxylic acids is 1. The van der Waals surface area contributed by atoms with Crippen LogP contribution in [0.3, 0.4) is 0 Å². The molecule has 2 saturated carbocycles. The zero-order chi connectivity index (χ0) is 11.5. The van der Waals surface area contributed by atoms with Gasteiger partial charge in [0.15, 0.2) is 0 Å². The number of carbonyl (C=O) groups is 1. The van der Waals surface area contributed by atoms with Crippen molar-refractivity contribution in [3.63, 3.8) is 0 Å². The molecule has 0 saturated heterocycles. The number of nitrogens with one attached hydrogen (secondary N) is 1. The molecule has 88 valence electrons. The van der Waals surface area contributed by atoms with E-state index >= 15 is 0 Å². The smallest absolute Gasteiger partial charge is 0.225 e. The normalized spacial score (nSPS) is 31.5. The van der Waals surface area contributed by atoms with Crippen LogP contribution in [0.25, 0.3) is 0 Å². The molecule has 0 heterocycles. The maximum absolute atomic E-state index is 12.0. The molecule has 2 aliphatic rings. The van der Waals surface area contributed by atoms with E-state index in [-0.39, 0.29) is 23.9 Å². The highest BCUT2D eigenvalue weighted by Crippen LogP contribution is 2.33. The van der Waals surface area contributed by atoms with Crippen molar-refractivity contribution in [3.05, 3.63) is 0 Å². The first-order chi connectivity index (χ1) is 7.72. The predicted octanol–water partition coefficient (Wildman–Crippen LogP) is 0.922. The molecule has 0 aromatic carbocycles. The second kappa shape index (κ2) is 4.84. The van der Waals surface area contributed by atoms with E-state index < -0.39 is 0 Å². The van der Waals surface area contributed by atoms with Gasteiger partial charge in [0.25, 0.3) is 0 Å². The molecule has 0 unspecified atom stereocenters. The van der Waals surface area contributed by atoms with Gasteiger partial charge < -0.3 is 11.1 Å². The molecular formula is C12H19N3O. The zero-order valence-electron chi connectivity index (χ0n) is 9.48. The molecule has 0 spiro atoms. The summed E-state index contributed by atoms with van der Waals surface area (Å²) in [6.45, 7) is 0. The number of amides is 1. The Kier molecular flexibility index (Phi) is 3.45. The van der Waals surface area contributed by atoms with Crippen molar-refractivity contribution < 1.29 is 4.79 Å². The van der Waals surface area contributed by atoms with Crippen molar-refractivity contribution in [2.75, 3.05) is 0 Å². The first-order valence-electron chi connectivity index (χ1n) is 6.18. The Morgan fingerprint density at radius 1 is 1.31 bits per heavy atom. The van der Waals surface area contributed by atoms with Crippen LogP contribution in [0.15, 0.2) is 0 Å². The highest BCUT2D eigenvalue weighted by molar-refractivity contribution is 5.80. The van der Waals surface area contributed by atoms with Crippen molar-refractivity contribution >= 4 is 5.91 Å². The Morgan fingerprint density at radius 3 is 2.56 bits per heavy atom. The topological polar surface area (TPSA) is 78.9 Å². The SMILES string of the molecule is N#C[C@@H](NC(=O)[C@@H]1CCCC[C@@H]1N)C1CC1. The second-order valence-electron chi connectivity index (χ2n) is 5.01. The molecule has 1 amide bonds. The molecule has 16 heavy (non-hydrogen) atoms. The Morgan fingerprint density at radius 2 is 2.00 bits per heavy atom. The van der Waals surface area contributed by atoms with E-state index in [0.717, 1.165) is 38.5 Å². The Labute approximate surface area is 96.2 Å². The van der Waals surface area contributed by atoms with Crippen LogP contribution in [0.4, 0.5) is 0 Å². The summed E-state index contributed by atoms with van der Waals surface area (Å²) in [5.74, 6) is 0.294. The standard InChI is InChI=1S/C12H19N3O/c13-7-11(8-5-6-8)15-12(16)9-3-1-2-4-10(9)14/h8-11H,1-6,14H2,(H,15,16)/t9-,10+,11-/m1/s1. The van der Waals surface area contributed by atoms with Gasteiger partial charge in [-0.25, -0.2) is 0 Å². The summed E-state index contributed by atoms with van der Waals surface area (Å²) >= 11 is 0. The molecule has 3 N–H and O–H groups in total. The second-order valence-corrected chi connectivity index (χ2v) is 5.01. The summed E-state index contributed by atoms with van der Waals surface area (Å²) in [6.07, 6.45) is 6.13. The largest absolute Gasteiger partial charge is 0.340 e. The van der Waals surface area contributed by atoms with Gasteiger partial charge >= 0.3 is 0 Å².